The van der Waals surface area contributed by atoms with Crippen LogP contribution in [-0.4, -0.2) is 46.4 Å². The van der Waals surface area contributed by atoms with Crippen LogP contribution in [-0.2, 0) is 0 Å². The Hall–Kier alpha value is -3.39. The number of carbonyl (C=O) groups excluding carboxylic acids is 1. The fourth-order valence-corrected chi connectivity index (χ4v) is 3.70. The van der Waals surface area contributed by atoms with Gasteiger partial charge in [-0.05, 0) is 29.7 Å². The largest absolute Gasteiger partial charge is 0.508 e. The van der Waals surface area contributed by atoms with Crippen LogP contribution >= 0.6 is 12.6 Å². The number of fused-ring (bicyclic) bond motifs is 1. The number of phenols is 2. The van der Waals surface area contributed by atoms with Crippen LogP contribution in [0.5, 0.6) is 11.5 Å². The third-order valence-electron chi connectivity index (χ3n) is 4.78. The van der Waals surface area contributed by atoms with Gasteiger partial charge in [-0.3, -0.25) is 15.1 Å². The molecule has 0 spiro atoms. The van der Waals surface area contributed by atoms with Crippen LogP contribution in [0, 0.1) is 0 Å². The first-order valence-corrected chi connectivity index (χ1v) is 9.46. The summed E-state index contributed by atoms with van der Waals surface area (Å²) >= 11 is 4.58. The second-order valence-corrected chi connectivity index (χ2v) is 7.38. The molecule has 7 nitrogen and oxygen atoms in total. The van der Waals surface area contributed by atoms with E-state index in [4.69, 9.17) is 0 Å². The summed E-state index contributed by atoms with van der Waals surface area (Å²) in [5.74, 6) is 0.240. The van der Waals surface area contributed by atoms with Crippen LogP contribution in [0.25, 0.3) is 10.8 Å². The monoisotopic (exact) mass is 408 g/mol. The Balaban J connectivity index is 1.88. The molecule has 1 unspecified atom stereocenters. The number of nitrogens with zero attached hydrogens (tertiary/aromatic N) is 3. The van der Waals surface area contributed by atoms with Gasteiger partial charge >= 0.3 is 0 Å². The van der Waals surface area contributed by atoms with Crippen molar-refractivity contribution in [2.45, 2.75) is 5.50 Å². The van der Waals surface area contributed by atoms with Crippen LogP contribution < -0.4 is 10.3 Å². The Kier molecular flexibility index (Phi) is 4.71. The number of carbonyl (C=O) groups is 1. The molecule has 8 heteroatoms. The minimum atomic E-state index is -0.475. The van der Waals surface area contributed by atoms with Crippen molar-refractivity contribution in [2.75, 3.05) is 19.0 Å². The minimum absolute atomic E-state index is 0.0382. The lowest BCUT2D eigenvalue weighted by Crippen LogP contribution is -2.37. The number of hydrogen-bond donors (Lipinski definition) is 4. The molecule has 3 aromatic carbocycles. The van der Waals surface area contributed by atoms with Gasteiger partial charge in [0, 0.05) is 31.1 Å². The van der Waals surface area contributed by atoms with E-state index in [0.29, 0.717) is 17.0 Å². The number of amidine groups is 1. The molecule has 148 valence electrons. The van der Waals surface area contributed by atoms with Crippen molar-refractivity contribution in [1.82, 2.24) is 10.3 Å². The van der Waals surface area contributed by atoms with Gasteiger partial charge < -0.3 is 15.1 Å². The molecule has 1 aliphatic rings. The fraction of sp³-hybridized carbons (Fsp3) is 0.143. The zero-order chi connectivity index (χ0) is 20.7. The second kappa shape index (κ2) is 7.21. The Labute approximate surface area is 173 Å². The summed E-state index contributed by atoms with van der Waals surface area (Å²) in [7, 11) is 3.44. The quantitative estimate of drug-likeness (QED) is 0.501. The Morgan fingerprint density at radius 2 is 1.83 bits per heavy atom. The summed E-state index contributed by atoms with van der Waals surface area (Å²) in [5, 5.41) is 25.9. The maximum atomic E-state index is 12.6. The van der Waals surface area contributed by atoms with E-state index in [-0.39, 0.29) is 17.4 Å². The first kappa shape index (κ1) is 18.9. The van der Waals surface area contributed by atoms with Gasteiger partial charge in [0.2, 0.25) is 0 Å². The highest BCUT2D eigenvalue weighted by molar-refractivity contribution is 7.81. The topological polar surface area (TPSA) is 88.4 Å². The van der Waals surface area contributed by atoms with Gasteiger partial charge in [-0.15, -0.1) is 12.6 Å². The number of benzene rings is 3. The molecule has 3 N–H and O–H groups in total. The molecule has 0 fully saturated rings. The first-order chi connectivity index (χ1) is 13.9. The molecule has 1 atom stereocenters. The van der Waals surface area contributed by atoms with Crippen LogP contribution in [0.2, 0.25) is 0 Å². The van der Waals surface area contributed by atoms with E-state index in [9.17, 15) is 15.0 Å². The summed E-state index contributed by atoms with van der Waals surface area (Å²) in [6, 6.07) is 15.6. The molecule has 1 amide bonds. The highest BCUT2D eigenvalue weighted by Gasteiger charge is 2.31. The van der Waals surface area contributed by atoms with Gasteiger partial charge in [0.1, 0.15) is 11.5 Å². The normalized spacial score (nSPS) is 15.9. The number of aromatic hydroxyl groups is 2. The summed E-state index contributed by atoms with van der Waals surface area (Å²) in [6.07, 6.45) is 0. The minimum Gasteiger partial charge on any atom is -0.508 e. The van der Waals surface area contributed by atoms with E-state index in [1.54, 1.807) is 31.1 Å². The molecule has 1 heterocycles. The molecule has 3 aromatic rings. The highest BCUT2D eigenvalue weighted by atomic mass is 32.1. The third kappa shape index (κ3) is 3.21. The Morgan fingerprint density at radius 3 is 2.52 bits per heavy atom. The zero-order valence-corrected chi connectivity index (χ0v) is 16.8. The number of phenolic OH excluding ortho intramolecular Hbond substituents is 2. The zero-order valence-electron chi connectivity index (χ0n) is 15.9. The molecule has 0 saturated heterocycles. The average molecular weight is 408 g/mol. The third-order valence-corrected chi connectivity index (χ3v) is 5.12. The second-order valence-electron chi connectivity index (χ2n) is 6.89. The molecule has 0 aliphatic carbocycles. The number of hydrazone groups is 1. The predicted molar refractivity (Wildman–Crippen MR) is 117 cm³/mol. The first-order valence-electron chi connectivity index (χ1n) is 8.94. The number of rotatable bonds is 3. The molecule has 4 rings (SSSR count). The van der Waals surface area contributed by atoms with E-state index >= 15 is 0 Å². The van der Waals surface area contributed by atoms with Crippen LogP contribution in [0.15, 0.2) is 59.7 Å². The summed E-state index contributed by atoms with van der Waals surface area (Å²) in [4.78, 5) is 16.0. The number of amides is 1. The SMILES string of the molecule is CN(C)C(=O)c1ccc(N2C(c3ccc(O)cc3O)=NNC2S)c2ccccc12. The Bertz CT molecular complexity index is 1150. The van der Waals surface area contributed by atoms with Crippen LogP contribution in [0.4, 0.5) is 5.69 Å². The van der Waals surface area contributed by atoms with Crippen LogP contribution in [0.3, 0.4) is 0 Å². The van der Waals surface area contributed by atoms with Crippen molar-refractivity contribution in [2.24, 2.45) is 5.10 Å². The van der Waals surface area contributed by atoms with E-state index in [0.717, 1.165) is 16.5 Å². The van der Waals surface area contributed by atoms with E-state index in [1.165, 1.54) is 12.1 Å². The molecule has 29 heavy (non-hydrogen) atoms. The lowest BCUT2D eigenvalue weighted by Gasteiger charge is -2.26. The maximum Gasteiger partial charge on any atom is 0.253 e. The van der Waals surface area contributed by atoms with Crippen molar-refractivity contribution in [3.05, 3.63) is 65.7 Å². The fourth-order valence-electron chi connectivity index (χ4n) is 3.41. The van der Waals surface area contributed by atoms with Gasteiger partial charge in [0.15, 0.2) is 11.3 Å². The molecule has 0 bridgehead atoms. The molecular formula is C21H20N4O3S. The smallest absolute Gasteiger partial charge is 0.253 e. The summed E-state index contributed by atoms with van der Waals surface area (Å²) in [5.41, 5.74) is 4.27. The van der Waals surface area contributed by atoms with Crippen molar-refractivity contribution in [3.8, 4) is 11.5 Å². The average Bonchev–Trinajstić information content (AvgIpc) is 3.07. The molecular weight excluding hydrogens is 388 g/mol. The summed E-state index contributed by atoms with van der Waals surface area (Å²) < 4.78 is 0. The Morgan fingerprint density at radius 1 is 1.10 bits per heavy atom. The molecule has 0 saturated carbocycles. The van der Waals surface area contributed by atoms with Gasteiger partial charge in [0.05, 0.1) is 11.3 Å². The number of thiol groups is 1. The lowest BCUT2D eigenvalue weighted by atomic mass is 10.0. The van der Waals surface area contributed by atoms with Gasteiger partial charge in [-0.2, -0.15) is 5.10 Å². The van der Waals surface area contributed by atoms with Crippen LogP contribution in [0.1, 0.15) is 15.9 Å². The molecule has 0 aromatic heterocycles. The van der Waals surface area contributed by atoms with Gasteiger partial charge in [-0.1, -0.05) is 24.3 Å². The van der Waals surface area contributed by atoms with E-state index in [2.05, 4.69) is 23.2 Å². The summed E-state index contributed by atoms with van der Waals surface area (Å²) in [6.45, 7) is 0. The lowest BCUT2D eigenvalue weighted by molar-refractivity contribution is 0.0829. The van der Waals surface area contributed by atoms with Crippen molar-refractivity contribution < 1.29 is 15.0 Å². The van der Waals surface area contributed by atoms with Gasteiger partial charge in [0.25, 0.3) is 5.91 Å². The van der Waals surface area contributed by atoms with Crippen molar-refractivity contribution >= 4 is 40.8 Å². The standard InChI is InChI=1S/C21H20N4O3S/c1-24(2)20(28)15-9-10-17(14-6-4-3-5-13(14)15)25-19(22-23-21(25)29)16-8-7-12(26)11-18(16)27/h3-11,21,23,26-27,29H,1-2H3. The molecule has 1 aliphatic heterocycles. The molecule has 0 radical (unpaired) electrons. The predicted octanol–water partition coefficient (Wildman–Crippen LogP) is 2.94. The highest BCUT2D eigenvalue weighted by Crippen LogP contribution is 2.35. The number of anilines is 1. The number of hydrogen-bond acceptors (Lipinski definition) is 7. The van der Waals surface area contributed by atoms with E-state index in [1.807, 2.05) is 35.2 Å². The number of nitrogens with one attached hydrogen (secondary N) is 1. The van der Waals surface area contributed by atoms with Gasteiger partial charge in [-0.25, -0.2) is 0 Å². The van der Waals surface area contributed by atoms with E-state index < -0.39 is 5.50 Å². The van der Waals surface area contributed by atoms with Crippen molar-refractivity contribution in [3.63, 3.8) is 0 Å². The maximum absolute atomic E-state index is 12.6. The van der Waals surface area contributed by atoms with Crippen molar-refractivity contribution in [1.29, 1.82) is 0 Å².